The van der Waals surface area contributed by atoms with Crippen LogP contribution in [0.5, 0.6) is 11.5 Å². The van der Waals surface area contributed by atoms with Crippen molar-refractivity contribution in [3.63, 3.8) is 0 Å². The van der Waals surface area contributed by atoms with Gasteiger partial charge in [0.1, 0.15) is 11.6 Å². The summed E-state index contributed by atoms with van der Waals surface area (Å²) in [6.07, 6.45) is 0.820. The van der Waals surface area contributed by atoms with Gasteiger partial charge in [-0.25, -0.2) is 4.98 Å². The van der Waals surface area contributed by atoms with Gasteiger partial charge >= 0.3 is 0 Å². The SMILES string of the molecule is CCc1nc(COc2ccccc2OC)sc1CO. The molecular formula is C14H17NO3S. The Labute approximate surface area is 116 Å². The first-order valence-corrected chi connectivity index (χ1v) is 6.94. The molecule has 1 N–H and O–H groups in total. The maximum Gasteiger partial charge on any atom is 0.161 e. The minimum Gasteiger partial charge on any atom is -0.493 e. The van der Waals surface area contributed by atoms with Crippen LogP contribution >= 0.6 is 11.3 Å². The smallest absolute Gasteiger partial charge is 0.161 e. The first-order valence-electron chi connectivity index (χ1n) is 6.12. The van der Waals surface area contributed by atoms with Crippen LogP contribution in [0.25, 0.3) is 0 Å². The lowest BCUT2D eigenvalue weighted by Gasteiger charge is -2.08. The third-order valence-electron chi connectivity index (χ3n) is 2.72. The third-order valence-corrected chi connectivity index (χ3v) is 3.78. The topological polar surface area (TPSA) is 51.6 Å². The van der Waals surface area contributed by atoms with E-state index in [1.54, 1.807) is 7.11 Å². The molecule has 2 rings (SSSR count). The van der Waals surface area contributed by atoms with Crippen molar-refractivity contribution < 1.29 is 14.6 Å². The van der Waals surface area contributed by atoms with Crippen molar-refractivity contribution in [1.82, 2.24) is 4.98 Å². The van der Waals surface area contributed by atoms with E-state index in [4.69, 9.17) is 9.47 Å². The zero-order valence-corrected chi connectivity index (χ0v) is 11.9. The zero-order chi connectivity index (χ0) is 13.7. The van der Waals surface area contributed by atoms with Crippen LogP contribution in [0, 0.1) is 0 Å². The molecule has 0 bridgehead atoms. The van der Waals surface area contributed by atoms with E-state index in [9.17, 15) is 5.11 Å². The quantitative estimate of drug-likeness (QED) is 0.883. The summed E-state index contributed by atoms with van der Waals surface area (Å²) >= 11 is 1.49. The number of thiazole rings is 1. The van der Waals surface area contributed by atoms with Gasteiger partial charge in [-0.15, -0.1) is 11.3 Å². The van der Waals surface area contributed by atoms with E-state index in [1.165, 1.54) is 11.3 Å². The normalized spacial score (nSPS) is 10.5. The molecule has 1 heterocycles. The number of benzene rings is 1. The highest BCUT2D eigenvalue weighted by Gasteiger charge is 2.10. The molecular weight excluding hydrogens is 262 g/mol. The third kappa shape index (κ3) is 3.24. The highest BCUT2D eigenvalue weighted by atomic mass is 32.1. The molecule has 1 aromatic heterocycles. The van der Waals surface area contributed by atoms with Gasteiger partial charge in [0, 0.05) is 0 Å². The van der Waals surface area contributed by atoms with Gasteiger partial charge < -0.3 is 14.6 Å². The van der Waals surface area contributed by atoms with E-state index in [1.807, 2.05) is 31.2 Å². The van der Waals surface area contributed by atoms with E-state index in [0.29, 0.717) is 18.1 Å². The fourth-order valence-electron chi connectivity index (χ4n) is 1.78. The number of hydrogen-bond acceptors (Lipinski definition) is 5. The average molecular weight is 279 g/mol. The summed E-state index contributed by atoms with van der Waals surface area (Å²) in [7, 11) is 1.62. The standard InChI is InChI=1S/C14H17NO3S/c1-3-10-13(8-16)19-14(15-10)9-18-12-7-5-4-6-11(12)17-2/h4-7,16H,3,8-9H2,1-2H3. The van der Waals surface area contributed by atoms with E-state index >= 15 is 0 Å². The molecule has 0 unspecified atom stereocenters. The lowest BCUT2D eigenvalue weighted by atomic mass is 10.3. The molecule has 19 heavy (non-hydrogen) atoms. The second kappa shape index (κ2) is 6.54. The van der Waals surface area contributed by atoms with Crippen LogP contribution in [0.4, 0.5) is 0 Å². The van der Waals surface area contributed by atoms with Crippen molar-refractivity contribution in [2.45, 2.75) is 26.6 Å². The van der Waals surface area contributed by atoms with Gasteiger partial charge in [-0.2, -0.15) is 0 Å². The largest absolute Gasteiger partial charge is 0.493 e. The number of nitrogens with zero attached hydrogens (tertiary/aromatic N) is 1. The Balaban J connectivity index is 2.08. The average Bonchev–Trinajstić information content (AvgIpc) is 2.87. The number of para-hydroxylation sites is 2. The number of aliphatic hydroxyl groups excluding tert-OH is 1. The molecule has 0 fully saturated rings. The van der Waals surface area contributed by atoms with Crippen LogP contribution in [0.1, 0.15) is 22.5 Å². The van der Waals surface area contributed by atoms with Gasteiger partial charge in [0.15, 0.2) is 11.5 Å². The highest BCUT2D eigenvalue weighted by Crippen LogP contribution is 2.27. The minimum atomic E-state index is 0.0372. The van der Waals surface area contributed by atoms with Gasteiger partial charge in [0.2, 0.25) is 0 Å². The molecule has 0 aliphatic heterocycles. The fourth-order valence-corrected chi connectivity index (χ4v) is 2.71. The van der Waals surface area contributed by atoms with Crippen molar-refractivity contribution in [2.24, 2.45) is 0 Å². The molecule has 2 aromatic rings. The van der Waals surface area contributed by atoms with Crippen molar-refractivity contribution in [1.29, 1.82) is 0 Å². The fraction of sp³-hybridized carbons (Fsp3) is 0.357. The van der Waals surface area contributed by atoms with Crippen LogP contribution in [0.3, 0.4) is 0 Å². The predicted octanol–water partition coefficient (Wildman–Crippen LogP) is 2.79. The van der Waals surface area contributed by atoms with Crippen molar-refractivity contribution in [3.05, 3.63) is 39.8 Å². The summed E-state index contributed by atoms with van der Waals surface area (Å²) in [5.41, 5.74) is 0.950. The molecule has 0 amide bonds. The lowest BCUT2D eigenvalue weighted by Crippen LogP contribution is -1.97. The highest BCUT2D eigenvalue weighted by molar-refractivity contribution is 7.11. The Morgan fingerprint density at radius 2 is 2.00 bits per heavy atom. The first kappa shape index (κ1) is 13.8. The molecule has 0 aliphatic carbocycles. The van der Waals surface area contributed by atoms with Gasteiger partial charge in [-0.3, -0.25) is 0 Å². The molecule has 0 spiro atoms. The van der Waals surface area contributed by atoms with Gasteiger partial charge in [-0.1, -0.05) is 19.1 Å². The van der Waals surface area contributed by atoms with Gasteiger partial charge in [-0.05, 0) is 18.6 Å². The summed E-state index contributed by atoms with van der Waals surface area (Å²) < 4.78 is 10.9. The summed E-state index contributed by atoms with van der Waals surface area (Å²) in [5, 5.41) is 10.1. The molecule has 5 heteroatoms. The summed E-state index contributed by atoms with van der Waals surface area (Å²) in [6.45, 7) is 2.45. The number of aryl methyl sites for hydroxylation is 1. The van der Waals surface area contributed by atoms with E-state index in [2.05, 4.69) is 4.98 Å². The number of ether oxygens (including phenoxy) is 2. The van der Waals surface area contributed by atoms with Gasteiger partial charge in [0.05, 0.1) is 24.3 Å². The van der Waals surface area contributed by atoms with Crippen LogP contribution in [0.15, 0.2) is 24.3 Å². The Hall–Kier alpha value is -1.59. The van der Waals surface area contributed by atoms with Gasteiger partial charge in [0.25, 0.3) is 0 Å². The molecule has 1 aromatic carbocycles. The molecule has 4 nitrogen and oxygen atoms in total. The van der Waals surface area contributed by atoms with Crippen LogP contribution in [-0.2, 0) is 19.6 Å². The van der Waals surface area contributed by atoms with Crippen LogP contribution < -0.4 is 9.47 Å². The first-order chi connectivity index (χ1) is 9.28. The number of aromatic nitrogens is 1. The number of rotatable bonds is 6. The molecule has 0 atom stereocenters. The summed E-state index contributed by atoms with van der Waals surface area (Å²) in [6, 6.07) is 7.51. The second-order valence-electron chi connectivity index (χ2n) is 3.93. The number of aliphatic hydroxyl groups is 1. The Morgan fingerprint density at radius 1 is 1.26 bits per heavy atom. The molecule has 0 saturated carbocycles. The van der Waals surface area contributed by atoms with Crippen molar-refractivity contribution >= 4 is 11.3 Å². The molecule has 0 radical (unpaired) electrons. The van der Waals surface area contributed by atoms with Crippen LogP contribution in [-0.4, -0.2) is 17.2 Å². The number of methoxy groups -OCH3 is 1. The van der Waals surface area contributed by atoms with E-state index in [-0.39, 0.29) is 6.61 Å². The number of hydrogen-bond donors (Lipinski definition) is 1. The van der Waals surface area contributed by atoms with Crippen LogP contribution in [0.2, 0.25) is 0 Å². The Kier molecular flexibility index (Phi) is 4.76. The molecule has 0 saturated heterocycles. The summed E-state index contributed by atoms with van der Waals surface area (Å²) in [5.74, 6) is 1.40. The lowest BCUT2D eigenvalue weighted by molar-refractivity contribution is 0.283. The molecule has 102 valence electrons. The maximum absolute atomic E-state index is 9.24. The van der Waals surface area contributed by atoms with Crippen molar-refractivity contribution in [3.8, 4) is 11.5 Å². The monoisotopic (exact) mass is 279 g/mol. The predicted molar refractivity (Wildman–Crippen MR) is 74.7 cm³/mol. The van der Waals surface area contributed by atoms with E-state index < -0.39 is 0 Å². The molecule has 0 aliphatic rings. The Bertz CT molecular complexity index is 518. The van der Waals surface area contributed by atoms with E-state index in [0.717, 1.165) is 22.0 Å². The summed E-state index contributed by atoms with van der Waals surface area (Å²) in [4.78, 5) is 5.38. The minimum absolute atomic E-state index is 0.0372. The Morgan fingerprint density at radius 3 is 2.58 bits per heavy atom. The van der Waals surface area contributed by atoms with Crippen molar-refractivity contribution in [2.75, 3.05) is 7.11 Å². The zero-order valence-electron chi connectivity index (χ0n) is 11.0. The maximum atomic E-state index is 9.24. The second-order valence-corrected chi connectivity index (χ2v) is 5.10.